The Bertz CT molecular complexity index is 1360. The van der Waals surface area contributed by atoms with Gasteiger partial charge in [-0.2, -0.15) is 0 Å². The molecule has 0 N–H and O–H groups in total. The van der Waals surface area contributed by atoms with E-state index in [0.29, 0.717) is 21.8 Å². The molecule has 0 aliphatic heterocycles. The molecule has 0 bridgehead atoms. The molecular formula is C23H17N5OS. The van der Waals surface area contributed by atoms with Crippen LogP contribution in [0.2, 0.25) is 0 Å². The molecule has 0 spiro atoms. The van der Waals surface area contributed by atoms with Crippen molar-refractivity contribution in [1.82, 2.24) is 24.5 Å². The lowest BCUT2D eigenvalue weighted by molar-refractivity contribution is 0.799. The summed E-state index contributed by atoms with van der Waals surface area (Å²) >= 11 is 1.47. The van der Waals surface area contributed by atoms with Gasteiger partial charge in [-0.15, -0.1) is 5.10 Å². The summed E-state index contributed by atoms with van der Waals surface area (Å²) in [5.74, 6) is 0.546. The van der Waals surface area contributed by atoms with Crippen LogP contribution in [0.3, 0.4) is 0 Å². The van der Waals surface area contributed by atoms with Crippen LogP contribution in [0, 0.1) is 0 Å². The highest BCUT2D eigenvalue weighted by molar-refractivity contribution is 7.98. The van der Waals surface area contributed by atoms with Gasteiger partial charge in [0, 0.05) is 5.75 Å². The van der Waals surface area contributed by atoms with Gasteiger partial charge in [-0.05, 0) is 36.4 Å². The predicted molar refractivity (Wildman–Crippen MR) is 118 cm³/mol. The molecule has 0 radical (unpaired) electrons. The van der Waals surface area contributed by atoms with E-state index in [4.69, 9.17) is 4.98 Å². The molecule has 6 nitrogen and oxygen atoms in total. The Morgan fingerprint density at radius 3 is 2.23 bits per heavy atom. The summed E-state index contributed by atoms with van der Waals surface area (Å²) in [6, 6.07) is 26.8. The molecule has 30 heavy (non-hydrogen) atoms. The van der Waals surface area contributed by atoms with Crippen molar-refractivity contribution < 1.29 is 0 Å². The summed E-state index contributed by atoms with van der Waals surface area (Å²) in [6.07, 6.45) is 1.90. The molecule has 7 heteroatoms. The Balaban J connectivity index is 1.51. The third kappa shape index (κ3) is 3.51. The van der Waals surface area contributed by atoms with Gasteiger partial charge in [-0.1, -0.05) is 65.5 Å². The van der Waals surface area contributed by atoms with Crippen molar-refractivity contribution in [3.05, 3.63) is 107 Å². The molecule has 0 saturated heterocycles. The van der Waals surface area contributed by atoms with Gasteiger partial charge in [-0.3, -0.25) is 9.36 Å². The summed E-state index contributed by atoms with van der Waals surface area (Å²) in [5, 5.41) is 9.71. The molecule has 0 aliphatic rings. The fourth-order valence-electron chi connectivity index (χ4n) is 3.22. The SMILES string of the molecule is O=c1c2ccccc2nc(SCc2cn(-c3ccccc3)nn2)n1-c1ccccc1. The summed E-state index contributed by atoms with van der Waals surface area (Å²) in [7, 11) is 0. The average molecular weight is 411 g/mol. The second-order valence-corrected chi connectivity index (χ2v) is 7.61. The van der Waals surface area contributed by atoms with Crippen molar-refractivity contribution in [2.24, 2.45) is 0 Å². The molecule has 146 valence electrons. The fourth-order valence-corrected chi connectivity index (χ4v) is 4.11. The maximum Gasteiger partial charge on any atom is 0.266 e. The largest absolute Gasteiger partial charge is 0.268 e. The van der Waals surface area contributed by atoms with Crippen LogP contribution in [0.15, 0.2) is 101 Å². The van der Waals surface area contributed by atoms with Crippen LogP contribution in [0.4, 0.5) is 0 Å². The van der Waals surface area contributed by atoms with Crippen molar-refractivity contribution in [3.63, 3.8) is 0 Å². The Morgan fingerprint density at radius 2 is 1.47 bits per heavy atom. The molecule has 0 saturated carbocycles. The number of nitrogens with zero attached hydrogens (tertiary/aromatic N) is 5. The average Bonchev–Trinajstić information content (AvgIpc) is 3.28. The molecule has 5 aromatic rings. The molecule has 0 aliphatic carbocycles. The molecule has 0 atom stereocenters. The number of hydrogen-bond acceptors (Lipinski definition) is 5. The first-order valence-corrected chi connectivity index (χ1v) is 10.4. The molecule has 3 aromatic carbocycles. The number of benzene rings is 3. The minimum Gasteiger partial charge on any atom is -0.268 e. The monoisotopic (exact) mass is 411 g/mol. The lowest BCUT2D eigenvalue weighted by atomic mass is 10.2. The molecule has 2 heterocycles. The van der Waals surface area contributed by atoms with E-state index >= 15 is 0 Å². The van der Waals surface area contributed by atoms with Gasteiger partial charge in [0.2, 0.25) is 0 Å². The van der Waals surface area contributed by atoms with E-state index < -0.39 is 0 Å². The highest BCUT2D eigenvalue weighted by Gasteiger charge is 2.14. The second kappa shape index (κ2) is 7.96. The van der Waals surface area contributed by atoms with Crippen LogP contribution in [0.5, 0.6) is 0 Å². The van der Waals surface area contributed by atoms with Gasteiger partial charge >= 0.3 is 0 Å². The first kappa shape index (κ1) is 18.3. The van der Waals surface area contributed by atoms with Crippen molar-refractivity contribution in [2.45, 2.75) is 10.9 Å². The molecular weight excluding hydrogens is 394 g/mol. The Kier molecular flexibility index (Phi) is 4.86. The zero-order valence-corrected chi connectivity index (χ0v) is 16.7. The Morgan fingerprint density at radius 1 is 0.800 bits per heavy atom. The Hall–Kier alpha value is -3.71. The molecule has 5 rings (SSSR count). The third-order valence-electron chi connectivity index (χ3n) is 4.67. The van der Waals surface area contributed by atoms with E-state index in [1.54, 1.807) is 9.25 Å². The topological polar surface area (TPSA) is 65.6 Å². The first-order chi connectivity index (χ1) is 14.8. The first-order valence-electron chi connectivity index (χ1n) is 9.46. The summed E-state index contributed by atoms with van der Waals surface area (Å²) in [4.78, 5) is 18.0. The number of aromatic nitrogens is 5. The third-order valence-corrected chi connectivity index (χ3v) is 5.64. The predicted octanol–water partition coefficient (Wildman–Crippen LogP) is 4.26. The zero-order chi connectivity index (χ0) is 20.3. The molecule has 0 amide bonds. The lowest BCUT2D eigenvalue weighted by Crippen LogP contribution is -2.21. The number of hydrogen-bond donors (Lipinski definition) is 0. The number of rotatable bonds is 5. The normalized spacial score (nSPS) is 11.1. The van der Waals surface area contributed by atoms with Crippen LogP contribution in [-0.2, 0) is 5.75 Å². The van der Waals surface area contributed by atoms with E-state index in [1.807, 2.05) is 91.1 Å². The highest BCUT2D eigenvalue weighted by Crippen LogP contribution is 2.24. The quantitative estimate of drug-likeness (QED) is 0.319. The fraction of sp³-hybridized carbons (Fsp3) is 0.0435. The van der Waals surface area contributed by atoms with E-state index in [1.165, 1.54) is 11.8 Å². The number of para-hydroxylation sites is 3. The molecule has 0 fully saturated rings. The van der Waals surface area contributed by atoms with Crippen molar-refractivity contribution >= 4 is 22.7 Å². The van der Waals surface area contributed by atoms with Crippen LogP contribution < -0.4 is 5.56 Å². The van der Waals surface area contributed by atoms with Gasteiger partial charge in [0.1, 0.15) is 0 Å². The van der Waals surface area contributed by atoms with Crippen molar-refractivity contribution in [3.8, 4) is 11.4 Å². The second-order valence-electron chi connectivity index (χ2n) is 6.67. The van der Waals surface area contributed by atoms with Gasteiger partial charge in [-0.25, -0.2) is 9.67 Å². The van der Waals surface area contributed by atoms with E-state index in [9.17, 15) is 4.79 Å². The van der Waals surface area contributed by atoms with Gasteiger partial charge in [0.05, 0.1) is 34.2 Å². The summed E-state index contributed by atoms with van der Waals surface area (Å²) in [6.45, 7) is 0. The van der Waals surface area contributed by atoms with Gasteiger partial charge in [0.15, 0.2) is 5.16 Å². The van der Waals surface area contributed by atoms with E-state index in [0.717, 1.165) is 17.1 Å². The zero-order valence-electron chi connectivity index (χ0n) is 15.9. The van der Waals surface area contributed by atoms with Crippen LogP contribution in [-0.4, -0.2) is 24.5 Å². The Labute approximate surface area is 176 Å². The van der Waals surface area contributed by atoms with Crippen LogP contribution in [0.25, 0.3) is 22.3 Å². The standard InChI is InChI=1S/C23H17N5OS/c29-22-20-13-7-8-14-21(20)24-23(28(22)19-11-5-2-6-12-19)30-16-17-15-27(26-25-17)18-9-3-1-4-10-18/h1-15H,16H2. The van der Waals surface area contributed by atoms with Crippen LogP contribution >= 0.6 is 11.8 Å². The summed E-state index contributed by atoms with van der Waals surface area (Å²) < 4.78 is 3.41. The molecule has 0 unspecified atom stereocenters. The van der Waals surface area contributed by atoms with E-state index in [2.05, 4.69) is 10.3 Å². The summed E-state index contributed by atoms with van der Waals surface area (Å²) in [5.41, 5.74) is 3.15. The maximum atomic E-state index is 13.2. The minimum atomic E-state index is -0.0813. The maximum absolute atomic E-state index is 13.2. The number of thioether (sulfide) groups is 1. The molecule has 2 aromatic heterocycles. The number of fused-ring (bicyclic) bond motifs is 1. The highest BCUT2D eigenvalue weighted by atomic mass is 32.2. The smallest absolute Gasteiger partial charge is 0.266 e. The van der Waals surface area contributed by atoms with Crippen molar-refractivity contribution in [2.75, 3.05) is 0 Å². The van der Waals surface area contributed by atoms with Gasteiger partial charge < -0.3 is 0 Å². The van der Waals surface area contributed by atoms with Gasteiger partial charge in [0.25, 0.3) is 5.56 Å². The van der Waals surface area contributed by atoms with Crippen LogP contribution in [0.1, 0.15) is 5.69 Å². The van der Waals surface area contributed by atoms with Crippen molar-refractivity contribution in [1.29, 1.82) is 0 Å². The minimum absolute atomic E-state index is 0.0813. The van der Waals surface area contributed by atoms with E-state index in [-0.39, 0.29) is 5.56 Å². The lowest BCUT2D eigenvalue weighted by Gasteiger charge is -2.12.